The zero-order chi connectivity index (χ0) is 14.9. The maximum absolute atomic E-state index is 12.1. The van der Waals surface area contributed by atoms with Crippen LogP contribution in [0.25, 0.3) is 5.65 Å². The normalized spacial score (nSPS) is 10.4. The second kappa shape index (κ2) is 5.29. The number of rotatable bonds is 3. The molecule has 2 aromatic heterocycles. The van der Waals surface area contributed by atoms with E-state index in [4.69, 9.17) is 5.11 Å². The largest absolute Gasteiger partial charge is 0.493 e. The summed E-state index contributed by atoms with van der Waals surface area (Å²) in [4.78, 5) is 37.9. The van der Waals surface area contributed by atoms with Crippen LogP contribution in [0.15, 0.2) is 27.6 Å². The van der Waals surface area contributed by atoms with Crippen LogP contribution in [0.1, 0.15) is 10.4 Å². The molecule has 0 aliphatic heterocycles. The van der Waals surface area contributed by atoms with Crippen LogP contribution >= 0.6 is 15.9 Å². The number of aliphatic carboxylic acids is 1. The fourth-order valence-electron chi connectivity index (χ4n) is 1.54. The van der Waals surface area contributed by atoms with Gasteiger partial charge in [-0.05, 0) is 28.1 Å². The number of hydrogen-bond acceptors (Lipinski definition) is 5. The Balaban J connectivity index is 2.56. The lowest BCUT2D eigenvalue weighted by atomic mass is 10.3. The second-order valence-corrected chi connectivity index (χ2v) is 4.68. The van der Waals surface area contributed by atoms with Crippen LogP contribution in [0.4, 0.5) is 0 Å². The van der Waals surface area contributed by atoms with Gasteiger partial charge in [-0.25, -0.2) is 0 Å². The van der Waals surface area contributed by atoms with E-state index in [1.165, 1.54) is 12.3 Å². The third kappa shape index (κ3) is 2.62. The number of nitrogens with zero attached hydrogens (tertiary/aromatic N) is 2. The maximum atomic E-state index is 12.1. The Morgan fingerprint density at radius 3 is 2.75 bits per heavy atom. The van der Waals surface area contributed by atoms with Crippen molar-refractivity contribution < 1.29 is 19.8 Å². The lowest BCUT2D eigenvalue weighted by molar-refractivity contribution is -0.135. The molecule has 2 rings (SSSR count). The minimum Gasteiger partial charge on any atom is -0.493 e. The van der Waals surface area contributed by atoms with Crippen molar-refractivity contribution in [3.8, 4) is 5.88 Å². The number of carbonyl (C=O) groups excluding carboxylic acids is 1. The number of aromatic hydroxyl groups is 1. The number of pyridine rings is 1. The van der Waals surface area contributed by atoms with Crippen molar-refractivity contribution in [3.05, 3.63) is 38.7 Å². The molecular weight excluding hydrogens is 334 g/mol. The topological polar surface area (TPSA) is 121 Å². The zero-order valence-electron chi connectivity index (χ0n) is 9.83. The van der Waals surface area contributed by atoms with Crippen molar-refractivity contribution in [2.75, 3.05) is 6.54 Å². The molecule has 3 N–H and O–H groups in total. The fourth-order valence-corrected chi connectivity index (χ4v) is 1.88. The van der Waals surface area contributed by atoms with Crippen LogP contribution in [0.2, 0.25) is 0 Å². The molecule has 0 unspecified atom stereocenters. The summed E-state index contributed by atoms with van der Waals surface area (Å²) < 4.78 is 1.65. The van der Waals surface area contributed by atoms with Gasteiger partial charge in [-0.3, -0.25) is 18.8 Å². The molecule has 20 heavy (non-hydrogen) atoms. The molecule has 8 nitrogen and oxygen atoms in total. The molecule has 0 fully saturated rings. The smallest absolute Gasteiger partial charge is 0.322 e. The zero-order valence-corrected chi connectivity index (χ0v) is 11.4. The van der Waals surface area contributed by atoms with Crippen LogP contribution in [0, 0.1) is 0 Å². The van der Waals surface area contributed by atoms with Crippen molar-refractivity contribution in [2.45, 2.75) is 0 Å². The van der Waals surface area contributed by atoms with E-state index in [2.05, 4.69) is 20.9 Å². The summed E-state index contributed by atoms with van der Waals surface area (Å²) in [5, 5.41) is 20.1. The molecule has 0 saturated carbocycles. The quantitative estimate of drug-likeness (QED) is 0.721. The summed E-state index contributed by atoms with van der Waals surface area (Å²) in [6.45, 7) is -0.668. The SMILES string of the molecule is O=C(O)CNC(=O)c1c(O)nc2ccc(Br)cn2c1=O. The van der Waals surface area contributed by atoms with Gasteiger partial charge in [-0.15, -0.1) is 0 Å². The number of halogens is 1. The fraction of sp³-hybridized carbons (Fsp3) is 0.0909. The summed E-state index contributed by atoms with van der Waals surface area (Å²) in [5.74, 6) is -3.02. The van der Waals surface area contributed by atoms with Gasteiger partial charge in [0.2, 0.25) is 5.88 Å². The minimum atomic E-state index is -1.27. The maximum Gasteiger partial charge on any atom is 0.322 e. The molecule has 9 heteroatoms. The Bertz CT molecular complexity index is 770. The highest BCUT2D eigenvalue weighted by Crippen LogP contribution is 2.14. The Hall–Kier alpha value is -2.42. The summed E-state index contributed by atoms with van der Waals surface area (Å²) >= 11 is 3.17. The predicted molar refractivity (Wildman–Crippen MR) is 70.8 cm³/mol. The number of carboxylic acids is 1. The monoisotopic (exact) mass is 341 g/mol. The first-order chi connectivity index (χ1) is 9.40. The Morgan fingerprint density at radius 1 is 1.40 bits per heavy atom. The van der Waals surface area contributed by atoms with Gasteiger partial charge in [0.05, 0.1) is 0 Å². The highest BCUT2D eigenvalue weighted by atomic mass is 79.9. The number of hydrogen-bond donors (Lipinski definition) is 3. The Kier molecular flexibility index (Phi) is 3.70. The van der Waals surface area contributed by atoms with E-state index in [1.807, 2.05) is 5.32 Å². The number of nitrogens with one attached hydrogen (secondary N) is 1. The molecule has 0 aliphatic rings. The summed E-state index contributed by atoms with van der Waals surface area (Å²) in [7, 11) is 0. The van der Waals surface area contributed by atoms with Crippen LogP contribution in [-0.2, 0) is 4.79 Å². The number of amides is 1. The highest BCUT2D eigenvalue weighted by molar-refractivity contribution is 9.10. The second-order valence-electron chi connectivity index (χ2n) is 3.77. The average molecular weight is 342 g/mol. The van der Waals surface area contributed by atoms with E-state index in [0.29, 0.717) is 4.47 Å². The standard InChI is InChI=1S/C11H8BrN3O5/c12-5-1-2-6-14-10(19)8(11(20)15(6)4-5)9(18)13-3-7(16)17/h1-2,4,19H,3H2,(H,13,18)(H,16,17). The lowest BCUT2D eigenvalue weighted by Crippen LogP contribution is -2.34. The van der Waals surface area contributed by atoms with Crippen molar-refractivity contribution >= 4 is 33.5 Å². The van der Waals surface area contributed by atoms with E-state index in [1.54, 1.807) is 6.07 Å². The molecular formula is C11H8BrN3O5. The molecule has 0 atom stereocenters. The van der Waals surface area contributed by atoms with Crippen LogP contribution < -0.4 is 10.9 Å². The third-order valence-corrected chi connectivity index (χ3v) is 2.86. The molecule has 0 saturated heterocycles. The summed E-state index contributed by atoms with van der Waals surface area (Å²) in [6.07, 6.45) is 1.39. The van der Waals surface area contributed by atoms with E-state index in [-0.39, 0.29) is 5.65 Å². The van der Waals surface area contributed by atoms with Gasteiger partial charge >= 0.3 is 5.97 Å². The van der Waals surface area contributed by atoms with Crippen molar-refractivity contribution in [1.29, 1.82) is 0 Å². The highest BCUT2D eigenvalue weighted by Gasteiger charge is 2.20. The average Bonchev–Trinajstić information content (AvgIpc) is 2.37. The predicted octanol–water partition coefficient (Wildman–Crippen LogP) is -0.0230. The Labute approximate surface area is 119 Å². The van der Waals surface area contributed by atoms with E-state index >= 15 is 0 Å². The van der Waals surface area contributed by atoms with Gasteiger partial charge in [-0.2, -0.15) is 4.98 Å². The Morgan fingerprint density at radius 2 is 2.10 bits per heavy atom. The molecule has 2 aromatic rings. The first-order valence-corrected chi connectivity index (χ1v) is 6.10. The number of carboxylic acid groups (broad SMARTS) is 1. The molecule has 0 aromatic carbocycles. The molecule has 0 bridgehead atoms. The summed E-state index contributed by atoms with van der Waals surface area (Å²) in [5.41, 5.74) is -1.25. The van der Waals surface area contributed by atoms with Crippen molar-refractivity contribution in [2.24, 2.45) is 0 Å². The van der Waals surface area contributed by atoms with Crippen molar-refractivity contribution in [3.63, 3.8) is 0 Å². The summed E-state index contributed by atoms with van der Waals surface area (Å²) in [6, 6.07) is 3.09. The van der Waals surface area contributed by atoms with E-state index < -0.39 is 35.4 Å². The van der Waals surface area contributed by atoms with Gasteiger partial charge in [0.1, 0.15) is 12.2 Å². The third-order valence-electron chi connectivity index (χ3n) is 2.39. The van der Waals surface area contributed by atoms with Gasteiger partial charge in [-0.1, -0.05) is 0 Å². The van der Waals surface area contributed by atoms with Gasteiger partial charge < -0.3 is 15.5 Å². The number of fused-ring (bicyclic) bond motifs is 1. The van der Waals surface area contributed by atoms with E-state index in [0.717, 1.165) is 4.40 Å². The van der Waals surface area contributed by atoms with Crippen LogP contribution in [-0.4, -0.2) is 38.0 Å². The molecule has 2 heterocycles. The molecule has 0 spiro atoms. The lowest BCUT2D eigenvalue weighted by Gasteiger charge is -2.06. The van der Waals surface area contributed by atoms with Crippen molar-refractivity contribution in [1.82, 2.24) is 14.7 Å². The number of carbonyl (C=O) groups is 2. The first-order valence-electron chi connectivity index (χ1n) is 5.31. The van der Waals surface area contributed by atoms with Crippen LogP contribution in [0.5, 0.6) is 5.88 Å². The minimum absolute atomic E-state index is 0.158. The molecule has 0 radical (unpaired) electrons. The van der Waals surface area contributed by atoms with Crippen LogP contribution in [0.3, 0.4) is 0 Å². The van der Waals surface area contributed by atoms with Gasteiger partial charge in [0, 0.05) is 10.7 Å². The first kappa shape index (κ1) is 14.0. The molecule has 104 valence electrons. The van der Waals surface area contributed by atoms with Gasteiger partial charge in [0.15, 0.2) is 5.56 Å². The van der Waals surface area contributed by atoms with E-state index in [9.17, 15) is 19.5 Å². The molecule has 0 aliphatic carbocycles. The molecule has 1 amide bonds. The van der Waals surface area contributed by atoms with Gasteiger partial charge in [0.25, 0.3) is 11.5 Å². The number of aromatic nitrogens is 2.